The van der Waals surface area contributed by atoms with Crippen molar-refractivity contribution in [2.45, 2.75) is 39.7 Å². The predicted octanol–water partition coefficient (Wildman–Crippen LogP) is 5.30. The summed E-state index contributed by atoms with van der Waals surface area (Å²) in [4.78, 5) is 3.32. The number of imidazole rings is 1. The Kier molecular flexibility index (Phi) is 4.48. The first-order valence-electron chi connectivity index (χ1n) is 6.48. The molecular weight excluding hydrogens is 355 g/mol. The van der Waals surface area contributed by atoms with Crippen molar-refractivity contribution < 1.29 is 0 Å². The number of benzene rings is 1. The van der Waals surface area contributed by atoms with Crippen molar-refractivity contribution in [2.75, 3.05) is 0 Å². The van der Waals surface area contributed by atoms with E-state index in [2.05, 4.69) is 71.1 Å². The molecule has 1 aromatic carbocycles. The SMILES string of the molecule is CCC(CC)C(C)n1c(=S)[nH]c2cc(I)ccc21. The van der Waals surface area contributed by atoms with E-state index in [4.69, 9.17) is 12.2 Å². The van der Waals surface area contributed by atoms with E-state index >= 15 is 0 Å². The Hall–Kier alpha value is -0.360. The van der Waals surface area contributed by atoms with Crippen molar-refractivity contribution in [2.24, 2.45) is 5.92 Å². The molecule has 0 radical (unpaired) electrons. The van der Waals surface area contributed by atoms with E-state index in [0.717, 1.165) is 10.3 Å². The van der Waals surface area contributed by atoms with Crippen LogP contribution in [0.3, 0.4) is 0 Å². The summed E-state index contributed by atoms with van der Waals surface area (Å²) in [5, 5.41) is 0. The second-order valence-electron chi connectivity index (χ2n) is 4.78. The Labute approximate surface area is 127 Å². The van der Waals surface area contributed by atoms with Crippen LogP contribution in [0.15, 0.2) is 18.2 Å². The normalized spacial score (nSPS) is 13.4. The molecule has 0 aliphatic carbocycles. The van der Waals surface area contributed by atoms with Gasteiger partial charge in [-0.1, -0.05) is 26.7 Å². The number of aromatic amines is 1. The number of halogens is 1. The van der Waals surface area contributed by atoms with E-state index in [1.54, 1.807) is 0 Å². The van der Waals surface area contributed by atoms with Gasteiger partial charge in [0.25, 0.3) is 0 Å². The third-order valence-corrected chi connectivity index (χ3v) is 4.79. The zero-order valence-electron chi connectivity index (χ0n) is 11.0. The molecule has 1 atom stereocenters. The number of hydrogen-bond acceptors (Lipinski definition) is 1. The molecule has 1 heterocycles. The molecule has 0 fully saturated rings. The first-order valence-corrected chi connectivity index (χ1v) is 7.96. The third-order valence-electron chi connectivity index (χ3n) is 3.82. The average molecular weight is 374 g/mol. The summed E-state index contributed by atoms with van der Waals surface area (Å²) in [6.07, 6.45) is 2.38. The number of fused-ring (bicyclic) bond motifs is 1. The maximum Gasteiger partial charge on any atom is 0.178 e. The molecule has 4 heteroatoms. The number of nitrogens with zero attached hydrogens (tertiary/aromatic N) is 1. The fraction of sp³-hybridized carbons (Fsp3) is 0.500. The zero-order chi connectivity index (χ0) is 13.3. The standard InChI is InChI=1S/C14H19IN2S/c1-4-10(5-2)9(3)17-13-7-6-11(15)8-12(13)16-14(17)18/h6-10H,4-5H2,1-3H3,(H,16,18). The van der Waals surface area contributed by atoms with Crippen LogP contribution < -0.4 is 0 Å². The summed E-state index contributed by atoms with van der Waals surface area (Å²) >= 11 is 7.82. The van der Waals surface area contributed by atoms with Crippen LogP contribution in [0.4, 0.5) is 0 Å². The van der Waals surface area contributed by atoms with Crippen LogP contribution in [0.1, 0.15) is 39.7 Å². The summed E-state index contributed by atoms with van der Waals surface area (Å²) in [7, 11) is 0. The average Bonchev–Trinajstić information content (AvgIpc) is 2.65. The van der Waals surface area contributed by atoms with E-state index in [1.165, 1.54) is 21.9 Å². The topological polar surface area (TPSA) is 20.7 Å². The number of hydrogen-bond donors (Lipinski definition) is 1. The highest BCUT2D eigenvalue weighted by molar-refractivity contribution is 14.1. The van der Waals surface area contributed by atoms with Crippen molar-refractivity contribution >= 4 is 45.8 Å². The summed E-state index contributed by atoms with van der Waals surface area (Å²) in [6.45, 7) is 6.79. The molecule has 0 spiro atoms. The maximum absolute atomic E-state index is 5.49. The van der Waals surface area contributed by atoms with Gasteiger partial charge in [-0.2, -0.15) is 0 Å². The molecule has 2 nitrogen and oxygen atoms in total. The lowest BCUT2D eigenvalue weighted by atomic mass is 9.95. The fourth-order valence-corrected chi connectivity index (χ4v) is 3.56. The van der Waals surface area contributed by atoms with Crippen LogP contribution in [-0.4, -0.2) is 9.55 Å². The van der Waals surface area contributed by atoms with Gasteiger partial charge in [0.1, 0.15) is 0 Å². The number of rotatable bonds is 4. The van der Waals surface area contributed by atoms with Crippen molar-refractivity contribution in [3.8, 4) is 0 Å². The van der Waals surface area contributed by atoms with Crippen molar-refractivity contribution in [3.63, 3.8) is 0 Å². The molecule has 0 aliphatic rings. The summed E-state index contributed by atoms with van der Waals surface area (Å²) < 4.78 is 4.35. The van der Waals surface area contributed by atoms with Crippen molar-refractivity contribution in [1.82, 2.24) is 9.55 Å². The molecular formula is C14H19IN2S. The molecule has 0 bridgehead atoms. The largest absolute Gasteiger partial charge is 0.331 e. The lowest BCUT2D eigenvalue weighted by molar-refractivity contribution is 0.337. The lowest BCUT2D eigenvalue weighted by Crippen LogP contribution is -2.15. The molecule has 1 unspecified atom stereocenters. The molecule has 2 aromatic rings. The predicted molar refractivity (Wildman–Crippen MR) is 88.6 cm³/mol. The van der Waals surface area contributed by atoms with Gasteiger partial charge < -0.3 is 9.55 Å². The zero-order valence-corrected chi connectivity index (χ0v) is 14.0. The highest BCUT2D eigenvalue weighted by Crippen LogP contribution is 2.28. The third kappa shape index (κ3) is 2.50. The highest BCUT2D eigenvalue weighted by atomic mass is 127. The Morgan fingerprint density at radius 1 is 1.33 bits per heavy atom. The van der Waals surface area contributed by atoms with Gasteiger partial charge in [-0.3, -0.25) is 0 Å². The highest BCUT2D eigenvalue weighted by Gasteiger charge is 2.18. The molecule has 0 saturated heterocycles. The molecule has 1 N–H and O–H groups in total. The van der Waals surface area contributed by atoms with Crippen molar-refractivity contribution in [1.29, 1.82) is 0 Å². The van der Waals surface area contributed by atoms with Crippen LogP contribution >= 0.6 is 34.8 Å². The minimum absolute atomic E-state index is 0.446. The summed E-state index contributed by atoms with van der Waals surface area (Å²) in [5.74, 6) is 0.676. The van der Waals surface area contributed by atoms with Crippen LogP contribution in [0.25, 0.3) is 11.0 Å². The van der Waals surface area contributed by atoms with Crippen LogP contribution in [0, 0.1) is 14.3 Å². The Bertz CT molecular complexity index is 595. The lowest BCUT2D eigenvalue weighted by Gasteiger charge is -2.23. The van der Waals surface area contributed by atoms with Gasteiger partial charge in [-0.25, -0.2) is 0 Å². The second kappa shape index (κ2) is 5.74. The molecule has 98 valence electrons. The fourth-order valence-electron chi connectivity index (χ4n) is 2.69. The van der Waals surface area contributed by atoms with Crippen LogP contribution in [0.2, 0.25) is 0 Å². The summed E-state index contributed by atoms with van der Waals surface area (Å²) in [5.41, 5.74) is 2.37. The second-order valence-corrected chi connectivity index (χ2v) is 6.41. The number of nitrogens with one attached hydrogen (secondary N) is 1. The molecule has 0 saturated carbocycles. The monoisotopic (exact) mass is 374 g/mol. The van der Waals surface area contributed by atoms with Gasteiger partial charge in [0.15, 0.2) is 4.77 Å². The maximum atomic E-state index is 5.49. The number of aromatic nitrogens is 2. The van der Waals surface area contributed by atoms with Crippen LogP contribution in [-0.2, 0) is 0 Å². The first kappa shape index (κ1) is 14.1. The van der Waals surface area contributed by atoms with Gasteiger partial charge in [0.2, 0.25) is 0 Å². The van der Waals surface area contributed by atoms with Gasteiger partial charge in [-0.15, -0.1) is 0 Å². The Morgan fingerprint density at radius 3 is 2.61 bits per heavy atom. The smallest absolute Gasteiger partial charge is 0.178 e. The molecule has 0 aliphatic heterocycles. The molecule has 1 aromatic heterocycles. The molecule has 0 amide bonds. The first-order chi connectivity index (χ1) is 8.58. The minimum atomic E-state index is 0.446. The molecule has 2 rings (SSSR count). The van der Waals surface area contributed by atoms with Crippen molar-refractivity contribution in [3.05, 3.63) is 26.5 Å². The Balaban J connectivity index is 2.56. The van der Waals surface area contributed by atoms with E-state index < -0.39 is 0 Å². The van der Waals surface area contributed by atoms with Gasteiger partial charge >= 0.3 is 0 Å². The van der Waals surface area contributed by atoms with Gasteiger partial charge in [-0.05, 0) is 65.8 Å². The number of H-pyrrole nitrogens is 1. The van der Waals surface area contributed by atoms with Gasteiger partial charge in [0, 0.05) is 9.61 Å². The van der Waals surface area contributed by atoms with E-state index in [9.17, 15) is 0 Å². The van der Waals surface area contributed by atoms with E-state index in [0.29, 0.717) is 12.0 Å². The van der Waals surface area contributed by atoms with Crippen LogP contribution in [0.5, 0.6) is 0 Å². The van der Waals surface area contributed by atoms with E-state index in [-0.39, 0.29) is 0 Å². The van der Waals surface area contributed by atoms with E-state index in [1.807, 2.05) is 0 Å². The molecule has 18 heavy (non-hydrogen) atoms. The summed E-state index contributed by atoms with van der Waals surface area (Å²) in [6, 6.07) is 6.91. The minimum Gasteiger partial charge on any atom is -0.331 e. The Morgan fingerprint density at radius 2 is 2.00 bits per heavy atom. The van der Waals surface area contributed by atoms with Gasteiger partial charge in [0.05, 0.1) is 11.0 Å². The quantitative estimate of drug-likeness (QED) is 0.569.